The van der Waals surface area contributed by atoms with E-state index in [1.807, 2.05) is 13.8 Å². The van der Waals surface area contributed by atoms with Crippen molar-refractivity contribution in [2.45, 2.75) is 19.9 Å². The van der Waals surface area contributed by atoms with Crippen LogP contribution in [0.1, 0.15) is 24.2 Å². The molecule has 5 heteroatoms. The number of ketones is 1. The number of rotatable bonds is 3. The lowest BCUT2D eigenvalue weighted by Gasteiger charge is -2.24. The predicted molar refractivity (Wildman–Crippen MR) is 71.0 cm³/mol. The van der Waals surface area contributed by atoms with Gasteiger partial charge in [0.2, 0.25) is 5.91 Å². The summed E-state index contributed by atoms with van der Waals surface area (Å²) >= 11 is 0. The normalized spacial score (nSPS) is 14.0. The number of hydrogen-bond acceptors (Lipinski definition) is 3. The number of likely N-dealkylation sites (N-methyl/N-ethyl adjacent to an activating group) is 1. The molecule has 0 bridgehead atoms. The van der Waals surface area contributed by atoms with Gasteiger partial charge in [-0.05, 0) is 26.0 Å². The standard InChI is InChI=1S/C14H16N2O3/c1-9(2)15(3)12(17)8-16-11-7-5-4-6-10(11)13(18)14(16)19/h4-7,9H,8H2,1-3H3. The largest absolute Gasteiger partial charge is 0.342 e. The van der Waals surface area contributed by atoms with Crippen LogP contribution in [-0.2, 0) is 9.59 Å². The first-order valence-electron chi connectivity index (χ1n) is 6.14. The topological polar surface area (TPSA) is 57.7 Å². The third kappa shape index (κ3) is 2.23. The summed E-state index contributed by atoms with van der Waals surface area (Å²) < 4.78 is 0. The summed E-state index contributed by atoms with van der Waals surface area (Å²) in [4.78, 5) is 38.5. The average Bonchev–Trinajstić information content (AvgIpc) is 2.63. The van der Waals surface area contributed by atoms with Gasteiger partial charge in [0.25, 0.3) is 11.7 Å². The second-order valence-corrected chi connectivity index (χ2v) is 4.84. The molecule has 100 valence electrons. The van der Waals surface area contributed by atoms with E-state index in [4.69, 9.17) is 0 Å². The Balaban J connectivity index is 2.25. The Kier molecular flexibility index (Phi) is 3.38. The van der Waals surface area contributed by atoms with Crippen LogP contribution in [0.2, 0.25) is 0 Å². The van der Waals surface area contributed by atoms with Gasteiger partial charge in [-0.25, -0.2) is 0 Å². The lowest BCUT2D eigenvalue weighted by molar-refractivity contribution is -0.131. The zero-order valence-electron chi connectivity index (χ0n) is 11.2. The Morgan fingerprint density at radius 2 is 1.89 bits per heavy atom. The average molecular weight is 260 g/mol. The lowest BCUT2D eigenvalue weighted by Crippen LogP contribution is -2.43. The molecule has 5 nitrogen and oxygen atoms in total. The molecule has 0 saturated carbocycles. The number of fused-ring (bicyclic) bond motifs is 1. The van der Waals surface area contributed by atoms with E-state index in [1.54, 1.807) is 36.2 Å². The van der Waals surface area contributed by atoms with Gasteiger partial charge in [-0.3, -0.25) is 19.3 Å². The SMILES string of the molecule is CC(C)N(C)C(=O)CN1C(=O)C(=O)c2ccccc21. The van der Waals surface area contributed by atoms with Crippen LogP contribution in [0.25, 0.3) is 0 Å². The summed E-state index contributed by atoms with van der Waals surface area (Å²) in [5, 5.41) is 0. The van der Waals surface area contributed by atoms with Gasteiger partial charge in [-0.15, -0.1) is 0 Å². The minimum atomic E-state index is -0.633. The number of benzene rings is 1. The molecule has 1 aliphatic heterocycles. The van der Waals surface area contributed by atoms with Crippen LogP contribution in [0.15, 0.2) is 24.3 Å². The van der Waals surface area contributed by atoms with Crippen LogP contribution < -0.4 is 4.90 Å². The molecule has 1 aromatic rings. The van der Waals surface area contributed by atoms with Crippen molar-refractivity contribution in [2.75, 3.05) is 18.5 Å². The Labute approximate surface area is 111 Å². The molecule has 0 N–H and O–H groups in total. The summed E-state index contributed by atoms with van der Waals surface area (Å²) in [6.07, 6.45) is 0. The van der Waals surface area contributed by atoms with Crippen LogP contribution >= 0.6 is 0 Å². The van der Waals surface area contributed by atoms with Gasteiger partial charge in [0, 0.05) is 13.1 Å². The maximum Gasteiger partial charge on any atom is 0.299 e. The van der Waals surface area contributed by atoms with E-state index in [1.165, 1.54) is 4.90 Å². The van der Waals surface area contributed by atoms with E-state index in [9.17, 15) is 14.4 Å². The summed E-state index contributed by atoms with van der Waals surface area (Å²) in [6.45, 7) is 3.68. The second kappa shape index (κ2) is 4.84. The van der Waals surface area contributed by atoms with Gasteiger partial charge in [0.15, 0.2) is 0 Å². The Bertz CT molecular complexity index is 551. The number of Topliss-reactive ketones (excluding diaryl/α,β-unsaturated/α-hetero) is 1. The highest BCUT2D eigenvalue weighted by atomic mass is 16.2. The van der Waals surface area contributed by atoms with E-state index in [2.05, 4.69) is 0 Å². The molecule has 0 radical (unpaired) electrons. The van der Waals surface area contributed by atoms with Crippen molar-refractivity contribution in [3.05, 3.63) is 29.8 Å². The van der Waals surface area contributed by atoms with Crippen LogP contribution in [0.3, 0.4) is 0 Å². The quantitative estimate of drug-likeness (QED) is 0.764. The van der Waals surface area contributed by atoms with Crippen molar-refractivity contribution in [1.82, 2.24) is 4.90 Å². The number of para-hydroxylation sites is 1. The molecule has 0 spiro atoms. The van der Waals surface area contributed by atoms with E-state index >= 15 is 0 Å². The van der Waals surface area contributed by atoms with Gasteiger partial charge in [0.05, 0.1) is 11.3 Å². The molecule has 1 aromatic carbocycles. The third-order valence-corrected chi connectivity index (χ3v) is 3.34. The number of nitrogens with zero attached hydrogens (tertiary/aromatic N) is 2. The molecular formula is C14H16N2O3. The van der Waals surface area contributed by atoms with E-state index in [0.29, 0.717) is 11.3 Å². The summed E-state index contributed by atoms with van der Waals surface area (Å²) in [5.74, 6) is -1.37. The number of hydrogen-bond donors (Lipinski definition) is 0. The molecule has 2 rings (SSSR count). The van der Waals surface area contributed by atoms with Crippen molar-refractivity contribution in [1.29, 1.82) is 0 Å². The molecule has 0 saturated heterocycles. The van der Waals surface area contributed by atoms with Gasteiger partial charge >= 0.3 is 0 Å². The number of anilines is 1. The van der Waals surface area contributed by atoms with E-state index in [-0.39, 0.29) is 18.5 Å². The fraction of sp³-hybridized carbons (Fsp3) is 0.357. The highest BCUT2D eigenvalue weighted by molar-refractivity contribution is 6.52. The fourth-order valence-corrected chi connectivity index (χ4v) is 1.94. The highest BCUT2D eigenvalue weighted by Crippen LogP contribution is 2.28. The number of amides is 2. The monoisotopic (exact) mass is 260 g/mol. The van der Waals surface area contributed by atoms with Crippen molar-refractivity contribution in [3.8, 4) is 0 Å². The van der Waals surface area contributed by atoms with Crippen molar-refractivity contribution in [3.63, 3.8) is 0 Å². The van der Waals surface area contributed by atoms with Crippen LogP contribution in [-0.4, -0.2) is 42.1 Å². The molecule has 19 heavy (non-hydrogen) atoms. The number of carbonyl (C=O) groups is 3. The lowest BCUT2D eigenvalue weighted by atomic mass is 10.1. The van der Waals surface area contributed by atoms with Gasteiger partial charge in [-0.2, -0.15) is 0 Å². The first-order chi connectivity index (χ1) is 8.93. The van der Waals surface area contributed by atoms with Gasteiger partial charge in [-0.1, -0.05) is 12.1 Å². The molecule has 0 fully saturated rings. The second-order valence-electron chi connectivity index (χ2n) is 4.84. The molecule has 1 heterocycles. The molecule has 0 aromatic heterocycles. The number of carbonyl (C=O) groups excluding carboxylic acids is 3. The van der Waals surface area contributed by atoms with Gasteiger partial charge in [0.1, 0.15) is 6.54 Å². The summed E-state index contributed by atoms with van der Waals surface area (Å²) in [5.41, 5.74) is 0.885. The van der Waals surface area contributed by atoms with Crippen LogP contribution in [0.5, 0.6) is 0 Å². The first kappa shape index (κ1) is 13.3. The molecule has 2 amide bonds. The Morgan fingerprint density at radius 3 is 2.53 bits per heavy atom. The third-order valence-electron chi connectivity index (χ3n) is 3.34. The fourth-order valence-electron chi connectivity index (χ4n) is 1.94. The smallest absolute Gasteiger partial charge is 0.299 e. The minimum Gasteiger partial charge on any atom is -0.342 e. The zero-order chi connectivity index (χ0) is 14.2. The summed E-state index contributed by atoms with van der Waals surface area (Å²) in [6, 6.07) is 6.79. The van der Waals surface area contributed by atoms with Crippen molar-refractivity contribution < 1.29 is 14.4 Å². The van der Waals surface area contributed by atoms with Crippen LogP contribution in [0.4, 0.5) is 5.69 Å². The predicted octanol–water partition coefficient (Wildman–Crippen LogP) is 1.08. The van der Waals surface area contributed by atoms with Crippen molar-refractivity contribution in [2.24, 2.45) is 0 Å². The molecule has 1 aliphatic rings. The van der Waals surface area contributed by atoms with Crippen molar-refractivity contribution >= 4 is 23.3 Å². The molecular weight excluding hydrogens is 244 g/mol. The van der Waals surface area contributed by atoms with E-state index < -0.39 is 11.7 Å². The minimum absolute atomic E-state index is 0.0520. The highest BCUT2D eigenvalue weighted by Gasteiger charge is 2.36. The Morgan fingerprint density at radius 1 is 1.26 bits per heavy atom. The summed E-state index contributed by atoms with van der Waals surface area (Å²) in [7, 11) is 1.68. The molecule has 0 atom stereocenters. The first-order valence-corrected chi connectivity index (χ1v) is 6.14. The maximum atomic E-state index is 12.0. The zero-order valence-corrected chi connectivity index (χ0v) is 11.2. The molecule has 0 aliphatic carbocycles. The van der Waals surface area contributed by atoms with Crippen LogP contribution in [0, 0.1) is 0 Å². The van der Waals surface area contributed by atoms with E-state index in [0.717, 1.165) is 0 Å². The van der Waals surface area contributed by atoms with Gasteiger partial charge < -0.3 is 4.90 Å². The maximum absolute atomic E-state index is 12.0. The Hall–Kier alpha value is -2.17. The molecule has 0 unspecified atom stereocenters.